The molecule has 0 saturated carbocycles. The van der Waals surface area contributed by atoms with E-state index in [1.54, 1.807) is 0 Å². The Labute approximate surface area is 130 Å². The van der Waals surface area contributed by atoms with Crippen molar-refractivity contribution < 1.29 is 31.8 Å². The normalized spacial score (nSPS) is 23.0. The average molecular weight is 350 g/mol. The first kappa shape index (κ1) is 17.7. The van der Waals surface area contributed by atoms with Gasteiger partial charge in [0.25, 0.3) is 0 Å². The van der Waals surface area contributed by atoms with Crippen molar-refractivity contribution in [3.05, 3.63) is 29.3 Å². The van der Waals surface area contributed by atoms with E-state index in [2.05, 4.69) is 0 Å². The smallest absolute Gasteiger partial charge is 0.393 e. The Morgan fingerprint density at radius 2 is 2.04 bits per heavy atom. The van der Waals surface area contributed by atoms with Gasteiger partial charge in [-0.1, -0.05) is 0 Å². The third kappa shape index (κ3) is 3.32. The Morgan fingerprint density at radius 3 is 2.52 bits per heavy atom. The van der Waals surface area contributed by atoms with Crippen LogP contribution in [0.2, 0.25) is 0 Å². The highest BCUT2D eigenvalue weighted by atomic mass is 32.2. The van der Waals surface area contributed by atoms with Gasteiger partial charge < -0.3 is 10.2 Å². The van der Waals surface area contributed by atoms with Gasteiger partial charge in [0, 0.05) is 13.1 Å². The molecule has 0 amide bonds. The molecular formula is C13H13F3N2O4S. The van der Waals surface area contributed by atoms with Crippen LogP contribution < -0.4 is 0 Å². The van der Waals surface area contributed by atoms with E-state index in [-0.39, 0.29) is 13.0 Å². The molecule has 6 nitrogen and oxygen atoms in total. The lowest BCUT2D eigenvalue weighted by molar-refractivity contribution is -0.137. The summed E-state index contributed by atoms with van der Waals surface area (Å²) >= 11 is 0. The molecule has 0 spiro atoms. The van der Waals surface area contributed by atoms with Gasteiger partial charge in [-0.25, -0.2) is 8.42 Å². The number of alkyl halides is 3. The number of nitrogens with zero attached hydrogens (tertiary/aromatic N) is 2. The molecule has 1 unspecified atom stereocenters. The highest BCUT2D eigenvalue weighted by molar-refractivity contribution is 7.89. The number of rotatable bonds is 3. The molecule has 1 aromatic rings. The van der Waals surface area contributed by atoms with Gasteiger partial charge in [0.15, 0.2) is 0 Å². The predicted octanol–water partition coefficient (Wildman–Crippen LogP) is 0.695. The second-order valence-electron chi connectivity index (χ2n) is 5.29. The van der Waals surface area contributed by atoms with Gasteiger partial charge in [-0.3, -0.25) is 0 Å². The molecule has 1 saturated heterocycles. The topological polar surface area (TPSA) is 102 Å². The number of benzene rings is 1. The number of halogens is 3. The van der Waals surface area contributed by atoms with Crippen molar-refractivity contribution in [2.45, 2.75) is 23.1 Å². The van der Waals surface area contributed by atoms with Gasteiger partial charge in [0.05, 0.1) is 22.6 Å². The summed E-state index contributed by atoms with van der Waals surface area (Å²) in [5.41, 5.74) is -3.34. The summed E-state index contributed by atoms with van der Waals surface area (Å²) in [6.45, 7) is -1.14. The minimum atomic E-state index is -4.70. The largest absolute Gasteiger partial charge is 0.416 e. The Bertz CT molecular complexity index is 757. The van der Waals surface area contributed by atoms with Crippen molar-refractivity contribution >= 4 is 10.0 Å². The summed E-state index contributed by atoms with van der Waals surface area (Å²) < 4.78 is 63.8. The average Bonchev–Trinajstić information content (AvgIpc) is 2.89. The van der Waals surface area contributed by atoms with Gasteiger partial charge in [-0.2, -0.15) is 22.7 Å². The third-order valence-electron chi connectivity index (χ3n) is 3.64. The summed E-state index contributed by atoms with van der Waals surface area (Å²) in [4.78, 5) is -0.560. The number of β-amino-alcohol motifs (C(OH)–C–C–N with tert-alkyl or cyclic N) is 1. The second kappa shape index (κ2) is 5.76. The van der Waals surface area contributed by atoms with Crippen LogP contribution >= 0.6 is 0 Å². The van der Waals surface area contributed by atoms with E-state index in [1.807, 2.05) is 0 Å². The fraction of sp³-hybridized carbons (Fsp3) is 0.462. The first-order chi connectivity index (χ1) is 10.5. The minimum Gasteiger partial charge on any atom is -0.393 e. The number of aliphatic hydroxyl groups is 2. The molecule has 1 fully saturated rings. The number of aliphatic hydroxyl groups excluding tert-OH is 1. The standard InChI is InChI=1S/C13H13F3N2O4S/c14-13(15,16)10-1-2-11(9(5-10)6-17)23(21,22)18-4-3-12(20,7-18)8-19/h1-2,5,19-20H,3-4,7-8H2. The Hall–Kier alpha value is -1.67. The SMILES string of the molecule is N#Cc1cc(C(F)(F)F)ccc1S(=O)(=O)N1CCC(O)(CO)C1. The molecule has 0 bridgehead atoms. The zero-order valence-corrected chi connectivity index (χ0v) is 12.5. The molecule has 1 atom stereocenters. The van der Waals surface area contributed by atoms with Crippen LogP contribution in [0.25, 0.3) is 0 Å². The van der Waals surface area contributed by atoms with Crippen molar-refractivity contribution in [1.82, 2.24) is 4.31 Å². The van der Waals surface area contributed by atoms with E-state index in [4.69, 9.17) is 10.4 Å². The maximum Gasteiger partial charge on any atom is 0.416 e. The molecular weight excluding hydrogens is 337 g/mol. The maximum absolute atomic E-state index is 12.7. The van der Waals surface area contributed by atoms with Crippen molar-refractivity contribution in [2.75, 3.05) is 19.7 Å². The predicted molar refractivity (Wildman–Crippen MR) is 71.6 cm³/mol. The fourth-order valence-electron chi connectivity index (χ4n) is 2.31. The quantitative estimate of drug-likeness (QED) is 0.835. The van der Waals surface area contributed by atoms with Gasteiger partial charge in [-0.15, -0.1) is 0 Å². The van der Waals surface area contributed by atoms with E-state index < -0.39 is 51.0 Å². The lowest BCUT2D eigenvalue weighted by atomic mass is 10.1. The summed E-state index contributed by atoms with van der Waals surface area (Å²) in [6, 6.07) is 3.24. The first-order valence-corrected chi connectivity index (χ1v) is 7.92. The molecule has 1 aliphatic heterocycles. The van der Waals surface area contributed by atoms with E-state index in [9.17, 15) is 26.7 Å². The van der Waals surface area contributed by atoms with Crippen LogP contribution in [0.5, 0.6) is 0 Å². The molecule has 0 aromatic heterocycles. The van der Waals surface area contributed by atoms with Crippen LogP contribution in [0.3, 0.4) is 0 Å². The Morgan fingerprint density at radius 1 is 1.39 bits per heavy atom. The fourth-order valence-corrected chi connectivity index (χ4v) is 3.95. The molecule has 2 rings (SSSR count). The molecule has 1 aromatic carbocycles. The van der Waals surface area contributed by atoms with Gasteiger partial charge in [0.1, 0.15) is 11.7 Å². The minimum absolute atomic E-state index is 0.00868. The highest BCUT2D eigenvalue weighted by Crippen LogP contribution is 2.33. The summed E-state index contributed by atoms with van der Waals surface area (Å²) in [7, 11) is -4.25. The molecule has 126 valence electrons. The zero-order valence-electron chi connectivity index (χ0n) is 11.7. The number of nitriles is 1. The number of hydrogen-bond donors (Lipinski definition) is 2. The van der Waals surface area contributed by atoms with Crippen LogP contribution in [-0.4, -0.2) is 48.2 Å². The van der Waals surface area contributed by atoms with Crippen molar-refractivity contribution in [1.29, 1.82) is 5.26 Å². The monoisotopic (exact) mass is 350 g/mol. The molecule has 23 heavy (non-hydrogen) atoms. The van der Waals surface area contributed by atoms with Gasteiger partial charge >= 0.3 is 6.18 Å². The number of hydrogen-bond acceptors (Lipinski definition) is 5. The summed E-state index contributed by atoms with van der Waals surface area (Å²) in [5.74, 6) is 0. The van der Waals surface area contributed by atoms with E-state index in [0.29, 0.717) is 12.1 Å². The number of sulfonamides is 1. The Balaban J connectivity index is 2.44. The molecule has 1 aliphatic rings. The van der Waals surface area contributed by atoms with Crippen molar-refractivity contribution in [3.63, 3.8) is 0 Å². The van der Waals surface area contributed by atoms with Crippen LogP contribution in [-0.2, 0) is 16.2 Å². The maximum atomic E-state index is 12.7. The second-order valence-corrected chi connectivity index (χ2v) is 7.20. The zero-order chi connectivity index (χ0) is 17.5. The van der Waals surface area contributed by atoms with Gasteiger partial charge in [0.2, 0.25) is 10.0 Å². The third-order valence-corrected chi connectivity index (χ3v) is 5.54. The first-order valence-electron chi connectivity index (χ1n) is 6.48. The molecule has 1 heterocycles. The Kier molecular flexibility index (Phi) is 4.42. The molecule has 0 radical (unpaired) electrons. The van der Waals surface area contributed by atoms with Crippen molar-refractivity contribution in [3.8, 4) is 6.07 Å². The molecule has 0 aliphatic carbocycles. The van der Waals surface area contributed by atoms with Crippen LogP contribution in [0, 0.1) is 11.3 Å². The lowest BCUT2D eigenvalue weighted by Crippen LogP contribution is -2.39. The van der Waals surface area contributed by atoms with E-state index in [0.717, 1.165) is 10.4 Å². The van der Waals surface area contributed by atoms with E-state index in [1.165, 1.54) is 6.07 Å². The van der Waals surface area contributed by atoms with Crippen LogP contribution in [0.15, 0.2) is 23.1 Å². The van der Waals surface area contributed by atoms with Crippen LogP contribution in [0.4, 0.5) is 13.2 Å². The van der Waals surface area contributed by atoms with Crippen LogP contribution in [0.1, 0.15) is 17.5 Å². The van der Waals surface area contributed by atoms with E-state index >= 15 is 0 Å². The molecule has 2 N–H and O–H groups in total. The van der Waals surface area contributed by atoms with Gasteiger partial charge in [-0.05, 0) is 24.6 Å². The highest BCUT2D eigenvalue weighted by Gasteiger charge is 2.42. The lowest BCUT2D eigenvalue weighted by Gasteiger charge is -2.21. The molecule has 10 heteroatoms. The summed E-state index contributed by atoms with van der Waals surface area (Å²) in [5, 5.41) is 27.9. The summed E-state index contributed by atoms with van der Waals surface area (Å²) in [6.07, 6.45) is -4.70. The van der Waals surface area contributed by atoms with Crippen molar-refractivity contribution in [2.24, 2.45) is 0 Å².